The number of hydrogen-bond acceptors (Lipinski definition) is 6. The summed E-state index contributed by atoms with van der Waals surface area (Å²) >= 11 is 5.97. The van der Waals surface area contributed by atoms with Crippen LogP contribution in [-0.4, -0.2) is 60.0 Å². The molecule has 2 aliphatic heterocycles. The lowest BCUT2D eigenvalue weighted by molar-refractivity contribution is -0.115. The molecule has 0 aliphatic carbocycles. The summed E-state index contributed by atoms with van der Waals surface area (Å²) in [4.78, 5) is 35.3. The van der Waals surface area contributed by atoms with Gasteiger partial charge in [-0.15, -0.1) is 0 Å². The Hall–Kier alpha value is -2.19. The van der Waals surface area contributed by atoms with Crippen LogP contribution >= 0.6 is 11.6 Å². The summed E-state index contributed by atoms with van der Waals surface area (Å²) in [5.74, 6) is 0.227. The van der Waals surface area contributed by atoms with Crippen molar-refractivity contribution in [3.8, 4) is 0 Å². The normalized spacial score (nSPS) is 21.2. The van der Waals surface area contributed by atoms with Crippen molar-refractivity contribution in [2.24, 2.45) is 0 Å². The number of hydrogen-bond donors (Lipinski definition) is 2. The van der Waals surface area contributed by atoms with Crippen LogP contribution < -0.4 is 15.5 Å². The first-order valence-electron chi connectivity index (χ1n) is 6.83. The Morgan fingerprint density at radius 3 is 2.55 bits per heavy atom. The largest absolute Gasteiger partial charge is 0.354 e. The molecule has 0 spiro atoms. The number of imide groups is 1. The molecule has 0 atom stereocenters. The van der Waals surface area contributed by atoms with E-state index in [2.05, 4.69) is 37.4 Å². The lowest BCUT2D eigenvalue weighted by Gasteiger charge is -2.33. The molecule has 8 nitrogen and oxygen atoms in total. The summed E-state index contributed by atoms with van der Waals surface area (Å²) < 4.78 is 0. The van der Waals surface area contributed by atoms with Crippen molar-refractivity contribution in [3.05, 3.63) is 22.7 Å². The highest BCUT2D eigenvalue weighted by Gasteiger charge is 2.23. The van der Waals surface area contributed by atoms with Crippen molar-refractivity contribution >= 4 is 35.4 Å². The van der Waals surface area contributed by atoms with E-state index in [0.717, 1.165) is 26.2 Å². The lowest BCUT2D eigenvalue weighted by Crippen LogP contribution is -2.44. The molecule has 3 heterocycles. The quantitative estimate of drug-likeness (QED) is 0.455. The maximum Gasteiger partial charge on any atom is 0.326 e. The van der Waals surface area contributed by atoms with Crippen molar-refractivity contribution in [2.75, 3.05) is 38.1 Å². The number of likely N-dealkylation sites (N-methyl/N-ethyl adjacent to an activating group) is 1. The molecule has 2 aliphatic rings. The number of nitrogens with zero attached hydrogens (tertiary/aromatic N) is 4. The van der Waals surface area contributed by atoms with E-state index in [1.165, 1.54) is 6.08 Å². The molecule has 116 valence electrons. The Bertz CT molecular complexity index is 654. The highest BCUT2D eigenvalue weighted by Crippen LogP contribution is 2.18. The molecule has 9 heteroatoms. The molecule has 0 aromatic carbocycles. The van der Waals surface area contributed by atoms with Crippen LogP contribution in [0.4, 0.5) is 10.6 Å². The molecular formula is C13H15ClN6O2. The summed E-state index contributed by atoms with van der Waals surface area (Å²) in [6.45, 7) is 3.57. The van der Waals surface area contributed by atoms with E-state index in [4.69, 9.17) is 11.6 Å². The number of carbonyl (C=O) groups excluding carboxylic acids is 2. The van der Waals surface area contributed by atoms with Crippen molar-refractivity contribution < 1.29 is 9.59 Å². The van der Waals surface area contributed by atoms with Gasteiger partial charge in [-0.25, -0.2) is 14.8 Å². The Balaban J connectivity index is 1.85. The SMILES string of the molecule is CN1CCN(c2cc(/C=C3\NC(=O)NC3=O)nc(Cl)n2)CC1. The van der Waals surface area contributed by atoms with Crippen LogP contribution in [0.3, 0.4) is 0 Å². The highest BCUT2D eigenvalue weighted by molar-refractivity contribution is 6.28. The minimum absolute atomic E-state index is 0.105. The Morgan fingerprint density at radius 2 is 1.91 bits per heavy atom. The van der Waals surface area contributed by atoms with Gasteiger partial charge in [-0.2, -0.15) is 0 Å². The molecule has 1 aromatic rings. The van der Waals surface area contributed by atoms with Gasteiger partial charge in [-0.1, -0.05) is 0 Å². The first kappa shape index (κ1) is 14.7. The van der Waals surface area contributed by atoms with Gasteiger partial charge >= 0.3 is 6.03 Å². The molecule has 3 amide bonds. The van der Waals surface area contributed by atoms with Gasteiger partial charge in [-0.05, 0) is 24.7 Å². The monoisotopic (exact) mass is 322 g/mol. The summed E-state index contributed by atoms with van der Waals surface area (Å²) in [6.07, 6.45) is 1.48. The van der Waals surface area contributed by atoms with Crippen LogP contribution in [0.15, 0.2) is 11.8 Å². The van der Waals surface area contributed by atoms with E-state index in [0.29, 0.717) is 11.5 Å². The summed E-state index contributed by atoms with van der Waals surface area (Å²) in [6, 6.07) is 1.21. The third-order valence-electron chi connectivity index (χ3n) is 3.54. The second-order valence-electron chi connectivity index (χ2n) is 5.18. The van der Waals surface area contributed by atoms with Crippen molar-refractivity contribution in [1.82, 2.24) is 25.5 Å². The maximum absolute atomic E-state index is 11.5. The first-order chi connectivity index (χ1) is 10.5. The van der Waals surface area contributed by atoms with E-state index < -0.39 is 11.9 Å². The van der Waals surface area contributed by atoms with Crippen LogP contribution in [0.2, 0.25) is 5.28 Å². The predicted octanol–water partition coefficient (Wildman–Crippen LogP) is 0.0621. The van der Waals surface area contributed by atoms with Gasteiger partial charge in [0, 0.05) is 32.2 Å². The van der Waals surface area contributed by atoms with E-state index in [1.54, 1.807) is 6.07 Å². The average Bonchev–Trinajstić information content (AvgIpc) is 2.77. The van der Waals surface area contributed by atoms with Crippen LogP contribution in [-0.2, 0) is 4.79 Å². The zero-order valence-corrected chi connectivity index (χ0v) is 12.7. The Kier molecular flexibility index (Phi) is 3.95. The zero-order valence-electron chi connectivity index (χ0n) is 12.0. The van der Waals surface area contributed by atoms with Crippen molar-refractivity contribution in [3.63, 3.8) is 0 Å². The third-order valence-corrected chi connectivity index (χ3v) is 3.71. The topological polar surface area (TPSA) is 90.5 Å². The molecule has 0 unspecified atom stereocenters. The number of anilines is 1. The number of piperazine rings is 1. The molecule has 2 N–H and O–H groups in total. The summed E-state index contributed by atoms with van der Waals surface area (Å²) in [5.41, 5.74) is 0.616. The Labute approximate surface area is 132 Å². The number of aromatic nitrogens is 2. The van der Waals surface area contributed by atoms with E-state index >= 15 is 0 Å². The smallest absolute Gasteiger partial charge is 0.326 e. The van der Waals surface area contributed by atoms with Crippen LogP contribution in [0.25, 0.3) is 6.08 Å². The Morgan fingerprint density at radius 1 is 1.18 bits per heavy atom. The molecule has 1 aromatic heterocycles. The van der Waals surface area contributed by atoms with Gasteiger partial charge in [0.15, 0.2) is 0 Å². The summed E-state index contributed by atoms with van der Waals surface area (Å²) in [5, 5.41) is 4.65. The fourth-order valence-electron chi connectivity index (χ4n) is 2.32. The zero-order chi connectivity index (χ0) is 15.7. The van der Waals surface area contributed by atoms with Gasteiger partial charge in [0.25, 0.3) is 5.91 Å². The van der Waals surface area contributed by atoms with Gasteiger partial charge in [-0.3, -0.25) is 10.1 Å². The lowest BCUT2D eigenvalue weighted by atomic mass is 10.2. The van der Waals surface area contributed by atoms with Gasteiger partial charge in [0.2, 0.25) is 5.28 Å². The molecule has 3 rings (SSSR count). The third kappa shape index (κ3) is 3.18. The van der Waals surface area contributed by atoms with Gasteiger partial charge < -0.3 is 15.1 Å². The van der Waals surface area contributed by atoms with Crippen LogP contribution in [0.5, 0.6) is 0 Å². The molecule has 0 radical (unpaired) electrons. The molecule has 0 saturated carbocycles. The molecule has 2 fully saturated rings. The van der Waals surface area contributed by atoms with E-state index in [-0.39, 0.29) is 11.0 Å². The second-order valence-corrected chi connectivity index (χ2v) is 5.51. The van der Waals surface area contributed by atoms with Crippen LogP contribution in [0, 0.1) is 0 Å². The standard InChI is InChI=1S/C13H15ClN6O2/c1-19-2-4-20(5-3-19)10-7-8(15-12(14)17-10)6-9-11(21)18-13(22)16-9/h6-7H,2-5H2,1H3,(H2,16,18,21,22)/b9-6-. The molecule has 0 bridgehead atoms. The molecule has 2 saturated heterocycles. The maximum atomic E-state index is 11.5. The number of amides is 3. The molecule has 22 heavy (non-hydrogen) atoms. The minimum Gasteiger partial charge on any atom is -0.354 e. The van der Waals surface area contributed by atoms with Crippen molar-refractivity contribution in [2.45, 2.75) is 0 Å². The fourth-order valence-corrected chi connectivity index (χ4v) is 2.51. The highest BCUT2D eigenvalue weighted by atomic mass is 35.5. The number of halogens is 1. The first-order valence-corrected chi connectivity index (χ1v) is 7.21. The van der Waals surface area contributed by atoms with Crippen molar-refractivity contribution in [1.29, 1.82) is 0 Å². The van der Waals surface area contributed by atoms with Crippen LogP contribution in [0.1, 0.15) is 5.69 Å². The fraction of sp³-hybridized carbons (Fsp3) is 0.385. The number of carbonyl (C=O) groups is 2. The van der Waals surface area contributed by atoms with E-state index in [1.807, 2.05) is 0 Å². The van der Waals surface area contributed by atoms with Gasteiger partial charge in [0.05, 0.1) is 5.69 Å². The number of rotatable bonds is 2. The van der Waals surface area contributed by atoms with E-state index in [9.17, 15) is 9.59 Å². The average molecular weight is 323 g/mol. The summed E-state index contributed by atoms with van der Waals surface area (Å²) in [7, 11) is 2.07. The predicted molar refractivity (Wildman–Crippen MR) is 81.4 cm³/mol. The number of urea groups is 1. The number of nitrogens with one attached hydrogen (secondary N) is 2. The van der Waals surface area contributed by atoms with Gasteiger partial charge in [0.1, 0.15) is 11.5 Å². The molecular weight excluding hydrogens is 308 g/mol. The minimum atomic E-state index is -0.546. The second kappa shape index (κ2) is 5.90.